The van der Waals surface area contributed by atoms with Crippen LogP contribution < -0.4 is 5.32 Å². The van der Waals surface area contributed by atoms with Gasteiger partial charge in [-0.25, -0.2) is 8.78 Å². The molecule has 0 fully saturated rings. The van der Waals surface area contributed by atoms with Crippen LogP contribution in [0.5, 0.6) is 0 Å². The number of rotatable bonds is 4. The summed E-state index contributed by atoms with van der Waals surface area (Å²) in [6.07, 6.45) is 2.56. The van der Waals surface area contributed by atoms with Gasteiger partial charge in [-0.3, -0.25) is 0 Å². The molecular formula is C18H19F2N. The molecule has 1 aliphatic carbocycles. The van der Waals surface area contributed by atoms with Gasteiger partial charge in [0.05, 0.1) is 0 Å². The highest BCUT2D eigenvalue weighted by molar-refractivity contribution is 5.35. The first kappa shape index (κ1) is 14.2. The molecule has 21 heavy (non-hydrogen) atoms. The molecule has 0 heterocycles. The van der Waals surface area contributed by atoms with Crippen LogP contribution in [0.15, 0.2) is 42.5 Å². The smallest absolute Gasteiger partial charge is 0.126 e. The first-order chi connectivity index (χ1) is 10.1. The fourth-order valence-electron chi connectivity index (χ4n) is 3.16. The van der Waals surface area contributed by atoms with E-state index in [9.17, 15) is 8.78 Å². The third-order valence-corrected chi connectivity index (χ3v) is 4.15. The van der Waals surface area contributed by atoms with Gasteiger partial charge in [-0.2, -0.15) is 0 Å². The van der Waals surface area contributed by atoms with Gasteiger partial charge in [0.2, 0.25) is 0 Å². The zero-order chi connectivity index (χ0) is 14.8. The van der Waals surface area contributed by atoms with E-state index in [2.05, 4.69) is 12.2 Å². The van der Waals surface area contributed by atoms with Crippen LogP contribution in [-0.2, 0) is 12.8 Å². The molecule has 0 saturated carbocycles. The molecule has 2 unspecified atom stereocenters. The number of fused-ring (bicyclic) bond motifs is 1. The summed E-state index contributed by atoms with van der Waals surface area (Å²) in [5.74, 6) is -0.303. The van der Waals surface area contributed by atoms with E-state index in [1.54, 1.807) is 6.07 Å². The summed E-state index contributed by atoms with van der Waals surface area (Å²) in [4.78, 5) is 0. The van der Waals surface area contributed by atoms with Gasteiger partial charge in [-0.15, -0.1) is 0 Å². The van der Waals surface area contributed by atoms with Crippen LogP contribution >= 0.6 is 0 Å². The predicted octanol–water partition coefficient (Wildman–Crippen LogP) is 4.17. The largest absolute Gasteiger partial charge is 0.307 e. The molecule has 1 aliphatic rings. The third kappa shape index (κ3) is 3.13. The first-order valence-corrected chi connectivity index (χ1v) is 7.41. The molecular weight excluding hydrogens is 268 g/mol. The molecule has 0 saturated heterocycles. The molecule has 2 aromatic rings. The lowest BCUT2D eigenvalue weighted by atomic mass is 10.0. The maximum Gasteiger partial charge on any atom is 0.126 e. The van der Waals surface area contributed by atoms with Crippen molar-refractivity contribution in [1.82, 2.24) is 5.32 Å². The van der Waals surface area contributed by atoms with E-state index in [4.69, 9.17) is 0 Å². The van der Waals surface area contributed by atoms with Crippen molar-refractivity contribution in [3.63, 3.8) is 0 Å². The number of hydrogen-bond acceptors (Lipinski definition) is 1. The Labute approximate surface area is 124 Å². The number of hydrogen-bond donors (Lipinski definition) is 1. The minimum absolute atomic E-state index is 0.0945. The average molecular weight is 287 g/mol. The van der Waals surface area contributed by atoms with Gasteiger partial charge < -0.3 is 5.32 Å². The predicted molar refractivity (Wildman–Crippen MR) is 80.2 cm³/mol. The zero-order valence-electron chi connectivity index (χ0n) is 12.1. The molecule has 0 aromatic heterocycles. The molecule has 0 radical (unpaired) electrons. The van der Waals surface area contributed by atoms with Gasteiger partial charge >= 0.3 is 0 Å². The Morgan fingerprint density at radius 3 is 2.67 bits per heavy atom. The van der Waals surface area contributed by atoms with Crippen molar-refractivity contribution >= 4 is 0 Å². The Balaban J connectivity index is 1.65. The van der Waals surface area contributed by atoms with Crippen molar-refractivity contribution in [1.29, 1.82) is 0 Å². The topological polar surface area (TPSA) is 12.0 Å². The summed E-state index contributed by atoms with van der Waals surface area (Å²) in [5.41, 5.74) is 3.04. The summed E-state index contributed by atoms with van der Waals surface area (Å²) in [6.45, 7) is 2.11. The Kier molecular flexibility index (Phi) is 4.02. The average Bonchev–Trinajstić information content (AvgIpc) is 2.86. The minimum Gasteiger partial charge on any atom is -0.307 e. The number of benzene rings is 2. The Morgan fingerprint density at radius 1 is 1.14 bits per heavy atom. The van der Waals surface area contributed by atoms with E-state index >= 15 is 0 Å². The number of nitrogens with one attached hydrogen (secondary N) is 1. The molecule has 0 amide bonds. The van der Waals surface area contributed by atoms with Crippen LogP contribution in [0.2, 0.25) is 0 Å². The van der Waals surface area contributed by atoms with Gasteiger partial charge in [0.1, 0.15) is 11.6 Å². The summed E-state index contributed by atoms with van der Waals surface area (Å²) in [5, 5.41) is 3.56. The van der Waals surface area contributed by atoms with Gasteiger partial charge in [-0.05, 0) is 61.1 Å². The highest BCUT2D eigenvalue weighted by Crippen LogP contribution is 2.33. The molecule has 1 nitrogen and oxygen atoms in total. The third-order valence-electron chi connectivity index (χ3n) is 4.15. The molecule has 3 heteroatoms. The van der Waals surface area contributed by atoms with Crippen LogP contribution in [0.25, 0.3) is 0 Å². The fraction of sp³-hybridized carbons (Fsp3) is 0.333. The second kappa shape index (κ2) is 5.94. The van der Waals surface area contributed by atoms with Crippen LogP contribution in [0.4, 0.5) is 8.78 Å². The molecule has 2 atom stereocenters. The standard InChI is InChI=1S/C18H19F2N/c1-12(11-13-5-7-14(19)8-6-13)21-18-10-9-15-16(18)3-2-4-17(15)20/h2-8,12,18,21H,9-11H2,1H3. The molecule has 110 valence electrons. The van der Waals surface area contributed by atoms with E-state index < -0.39 is 0 Å². The SMILES string of the molecule is CC(Cc1ccc(F)cc1)NC1CCc2c(F)cccc21. The van der Waals surface area contributed by atoms with E-state index in [-0.39, 0.29) is 23.7 Å². The van der Waals surface area contributed by atoms with Crippen molar-refractivity contribution in [2.24, 2.45) is 0 Å². The molecule has 1 N–H and O–H groups in total. The fourth-order valence-corrected chi connectivity index (χ4v) is 3.16. The van der Waals surface area contributed by atoms with Crippen LogP contribution in [0, 0.1) is 11.6 Å². The van der Waals surface area contributed by atoms with Gasteiger partial charge in [0, 0.05) is 12.1 Å². The van der Waals surface area contributed by atoms with E-state index in [0.717, 1.165) is 36.0 Å². The Morgan fingerprint density at radius 2 is 1.90 bits per heavy atom. The highest BCUT2D eigenvalue weighted by Gasteiger charge is 2.25. The van der Waals surface area contributed by atoms with Crippen LogP contribution in [-0.4, -0.2) is 6.04 Å². The van der Waals surface area contributed by atoms with Crippen molar-refractivity contribution in [2.45, 2.75) is 38.3 Å². The number of halogens is 2. The van der Waals surface area contributed by atoms with Gasteiger partial charge in [0.15, 0.2) is 0 Å². The normalized spacial score (nSPS) is 18.5. The van der Waals surface area contributed by atoms with Gasteiger partial charge in [0.25, 0.3) is 0 Å². The Bertz CT molecular complexity index is 622. The summed E-state index contributed by atoms with van der Waals surface area (Å²) < 4.78 is 26.6. The van der Waals surface area contributed by atoms with E-state index in [0.29, 0.717) is 0 Å². The summed E-state index contributed by atoms with van der Waals surface area (Å²) in [6, 6.07) is 12.4. The molecule has 0 spiro atoms. The molecule has 0 aliphatic heterocycles. The van der Waals surface area contributed by atoms with E-state index in [1.165, 1.54) is 18.2 Å². The first-order valence-electron chi connectivity index (χ1n) is 7.41. The maximum atomic E-state index is 13.7. The molecule has 3 rings (SSSR count). The van der Waals surface area contributed by atoms with E-state index in [1.807, 2.05) is 18.2 Å². The lowest BCUT2D eigenvalue weighted by Crippen LogP contribution is -2.31. The quantitative estimate of drug-likeness (QED) is 0.890. The lowest BCUT2D eigenvalue weighted by molar-refractivity contribution is 0.451. The maximum absolute atomic E-state index is 13.7. The molecule has 2 aromatic carbocycles. The molecule has 0 bridgehead atoms. The summed E-state index contributed by atoms with van der Waals surface area (Å²) >= 11 is 0. The van der Waals surface area contributed by atoms with Gasteiger partial charge in [-0.1, -0.05) is 24.3 Å². The van der Waals surface area contributed by atoms with Crippen LogP contribution in [0.3, 0.4) is 0 Å². The van der Waals surface area contributed by atoms with Crippen molar-refractivity contribution in [2.75, 3.05) is 0 Å². The zero-order valence-corrected chi connectivity index (χ0v) is 12.1. The second-order valence-electron chi connectivity index (χ2n) is 5.80. The highest BCUT2D eigenvalue weighted by atomic mass is 19.1. The van der Waals surface area contributed by atoms with Crippen molar-refractivity contribution in [3.05, 3.63) is 70.8 Å². The Hall–Kier alpha value is -1.74. The van der Waals surface area contributed by atoms with Crippen molar-refractivity contribution < 1.29 is 8.78 Å². The summed E-state index contributed by atoms with van der Waals surface area (Å²) in [7, 11) is 0. The lowest BCUT2D eigenvalue weighted by Gasteiger charge is -2.20. The monoisotopic (exact) mass is 287 g/mol. The minimum atomic E-state index is -0.209. The van der Waals surface area contributed by atoms with Crippen LogP contribution in [0.1, 0.15) is 36.1 Å². The van der Waals surface area contributed by atoms with Crippen molar-refractivity contribution in [3.8, 4) is 0 Å². The second-order valence-corrected chi connectivity index (χ2v) is 5.80.